The molecule has 1 aromatic carbocycles. The molecule has 1 unspecified atom stereocenters. The highest BCUT2D eigenvalue weighted by Gasteiger charge is 2.32. The minimum Gasteiger partial charge on any atom is -0.493 e. The average Bonchev–Trinajstić information content (AvgIpc) is 2.82. The third-order valence-corrected chi connectivity index (χ3v) is 7.53. The Morgan fingerprint density at radius 2 is 1.65 bits per heavy atom. The fraction of sp³-hybridized carbons (Fsp3) is 0.741. The molecule has 34 heavy (non-hydrogen) atoms. The maximum atomic E-state index is 12.4. The summed E-state index contributed by atoms with van der Waals surface area (Å²) in [4.78, 5) is 19.6. The van der Waals surface area contributed by atoms with Crippen molar-refractivity contribution < 1.29 is 19.0 Å². The van der Waals surface area contributed by atoms with Gasteiger partial charge in [0, 0.05) is 45.3 Å². The van der Waals surface area contributed by atoms with Crippen molar-refractivity contribution in [2.75, 3.05) is 53.5 Å². The van der Waals surface area contributed by atoms with E-state index in [4.69, 9.17) is 14.2 Å². The van der Waals surface area contributed by atoms with Gasteiger partial charge in [-0.25, -0.2) is 4.79 Å². The van der Waals surface area contributed by atoms with E-state index in [0.29, 0.717) is 12.0 Å². The summed E-state index contributed by atoms with van der Waals surface area (Å²) < 4.78 is 16.6. The van der Waals surface area contributed by atoms with E-state index in [1.807, 2.05) is 25.7 Å². The molecule has 0 bridgehead atoms. The molecule has 7 nitrogen and oxygen atoms in total. The average molecular weight is 474 g/mol. The molecule has 1 aromatic rings. The Bertz CT molecular complexity index is 845. The van der Waals surface area contributed by atoms with Crippen molar-refractivity contribution in [3.05, 3.63) is 23.3 Å². The highest BCUT2D eigenvalue weighted by molar-refractivity contribution is 5.68. The van der Waals surface area contributed by atoms with Gasteiger partial charge in [-0.1, -0.05) is 0 Å². The van der Waals surface area contributed by atoms with Crippen LogP contribution >= 0.6 is 0 Å². The largest absolute Gasteiger partial charge is 0.493 e. The first-order chi connectivity index (χ1) is 16.3. The standard InChI is InChI=1S/C27H43N3O4/c1-27(2,3)34-26(31)29-12-8-20(9-13-29)17-28-11-6-7-23(19-28)30-14-10-21-15-24(32-4)25(33-5)16-22(21)18-30/h15-16,20,23H,6-14,17-19H2,1-5H3. The number of nitrogens with zero attached hydrogens (tertiary/aromatic N) is 3. The lowest BCUT2D eigenvalue weighted by molar-refractivity contribution is 0.0152. The summed E-state index contributed by atoms with van der Waals surface area (Å²) in [5.74, 6) is 2.32. The number of fused-ring (bicyclic) bond motifs is 1. The molecule has 3 aliphatic rings. The number of methoxy groups -OCH3 is 2. The van der Waals surface area contributed by atoms with Crippen LogP contribution in [0.1, 0.15) is 57.6 Å². The minimum absolute atomic E-state index is 0.163. The van der Waals surface area contributed by atoms with Crippen LogP contribution in [-0.2, 0) is 17.7 Å². The normalized spacial score (nSPS) is 22.9. The van der Waals surface area contributed by atoms with Gasteiger partial charge in [0.25, 0.3) is 0 Å². The fourth-order valence-electron chi connectivity index (χ4n) is 5.70. The zero-order chi connectivity index (χ0) is 24.3. The monoisotopic (exact) mass is 473 g/mol. The smallest absolute Gasteiger partial charge is 0.410 e. The number of ether oxygens (including phenoxy) is 3. The Balaban J connectivity index is 1.28. The molecule has 190 valence electrons. The van der Waals surface area contributed by atoms with Crippen LogP contribution < -0.4 is 9.47 Å². The van der Waals surface area contributed by atoms with Gasteiger partial charge in [-0.15, -0.1) is 0 Å². The van der Waals surface area contributed by atoms with Crippen LogP contribution in [0.2, 0.25) is 0 Å². The summed E-state index contributed by atoms with van der Waals surface area (Å²) in [6.45, 7) is 13.0. The molecule has 1 amide bonds. The SMILES string of the molecule is COc1cc2c(cc1OC)CN(C1CCCN(CC3CCN(C(=O)OC(C)(C)C)CC3)C1)CC2. The molecule has 3 aliphatic heterocycles. The van der Waals surface area contributed by atoms with Crippen molar-refractivity contribution in [3.63, 3.8) is 0 Å². The lowest BCUT2D eigenvalue weighted by atomic mass is 9.93. The van der Waals surface area contributed by atoms with Gasteiger partial charge >= 0.3 is 6.09 Å². The molecule has 0 N–H and O–H groups in total. The molecular formula is C27H43N3O4. The molecular weight excluding hydrogens is 430 g/mol. The number of carbonyl (C=O) groups is 1. The van der Waals surface area contributed by atoms with Gasteiger partial charge in [-0.3, -0.25) is 4.90 Å². The summed E-state index contributed by atoms with van der Waals surface area (Å²) in [5.41, 5.74) is 2.33. The van der Waals surface area contributed by atoms with Gasteiger partial charge in [0.15, 0.2) is 11.5 Å². The first kappa shape index (κ1) is 25.1. The van der Waals surface area contributed by atoms with Crippen molar-refractivity contribution in [1.29, 1.82) is 0 Å². The summed E-state index contributed by atoms with van der Waals surface area (Å²) in [7, 11) is 3.42. The number of amides is 1. The van der Waals surface area contributed by atoms with E-state index in [1.165, 1.54) is 30.5 Å². The second-order valence-corrected chi connectivity index (χ2v) is 11.2. The van der Waals surface area contributed by atoms with Crippen molar-refractivity contribution >= 4 is 6.09 Å². The van der Waals surface area contributed by atoms with E-state index in [0.717, 1.165) is 70.0 Å². The lowest BCUT2D eigenvalue weighted by Crippen LogP contribution is -2.51. The molecule has 0 aromatic heterocycles. The first-order valence-corrected chi connectivity index (χ1v) is 12.9. The molecule has 1 atom stereocenters. The number of piperidine rings is 2. The molecule has 0 aliphatic carbocycles. The van der Waals surface area contributed by atoms with Crippen LogP contribution in [0, 0.1) is 5.92 Å². The van der Waals surface area contributed by atoms with Gasteiger partial charge in [-0.2, -0.15) is 0 Å². The topological polar surface area (TPSA) is 54.5 Å². The molecule has 2 fully saturated rings. The fourth-order valence-corrected chi connectivity index (χ4v) is 5.70. The quantitative estimate of drug-likeness (QED) is 0.640. The maximum absolute atomic E-state index is 12.4. The van der Waals surface area contributed by atoms with E-state index in [1.54, 1.807) is 14.2 Å². The predicted octanol–water partition coefficient (Wildman–Crippen LogP) is 4.17. The maximum Gasteiger partial charge on any atom is 0.410 e. The Hall–Kier alpha value is -1.99. The van der Waals surface area contributed by atoms with E-state index >= 15 is 0 Å². The molecule has 0 spiro atoms. The van der Waals surface area contributed by atoms with Crippen molar-refractivity contribution in [3.8, 4) is 11.5 Å². The number of rotatable bonds is 5. The van der Waals surface area contributed by atoms with Crippen LogP contribution in [0.3, 0.4) is 0 Å². The van der Waals surface area contributed by atoms with E-state index in [-0.39, 0.29) is 6.09 Å². The first-order valence-electron chi connectivity index (χ1n) is 12.9. The highest BCUT2D eigenvalue weighted by atomic mass is 16.6. The van der Waals surface area contributed by atoms with Crippen LogP contribution in [0.5, 0.6) is 11.5 Å². The zero-order valence-electron chi connectivity index (χ0n) is 21.8. The Morgan fingerprint density at radius 3 is 2.29 bits per heavy atom. The second-order valence-electron chi connectivity index (χ2n) is 11.2. The van der Waals surface area contributed by atoms with E-state index in [9.17, 15) is 4.79 Å². The third-order valence-electron chi connectivity index (χ3n) is 7.53. The number of hydrogen-bond donors (Lipinski definition) is 0. The van der Waals surface area contributed by atoms with Crippen LogP contribution in [-0.4, -0.2) is 85.9 Å². The number of hydrogen-bond acceptors (Lipinski definition) is 6. The lowest BCUT2D eigenvalue weighted by Gasteiger charge is -2.43. The Kier molecular flexibility index (Phi) is 7.93. The van der Waals surface area contributed by atoms with Gasteiger partial charge in [0.2, 0.25) is 0 Å². The summed E-state index contributed by atoms with van der Waals surface area (Å²) >= 11 is 0. The second kappa shape index (κ2) is 10.7. The zero-order valence-corrected chi connectivity index (χ0v) is 21.8. The third kappa shape index (κ3) is 6.16. The van der Waals surface area contributed by atoms with Gasteiger partial charge in [0.05, 0.1) is 14.2 Å². The molecule has 0 radical (unpaired) electrons. The van der Waals surface area contributed by atoms with Gasteiger partial charge in [0.1, 0.15) is 5.60 Å². The molecule has 7 heteroatoms. The molecule has 4 rings (SSSR count). The van der Waals surface area contributed by atoms with Crippen LogP contribution in [0.15, 0.2) is 12.1 Å². The Morgan fingerprint density at radius 1 is 0.971 bits per heavy atom. The molecule has 3 heterocycles. The summed E-state index contributed by atoms with van der Waals surface area (Å²) in [6.07, 6.45) is 5.57. The Labute approximate surface area is 205 Å². The van der Waals surface area contributed by atoms with E-state index < -0.39 is 5.60 Å². The van der Waals surface area contributed by atoms with Crippen molar-refractivity contribution in [1.82, 2.24) is 14.7 Å². The van der Waals surface area contributed by atoms with Crippen LogP contribution in [0.4, 0.5) is 4.79 Å². The van der Waals surface area contributed by atoms with Crippen molar-refractivity contribution in [2.45, 2.75) is 71.1 Å². The van der Waals surface area contributed by atoms with Gasteiger partial charge in [-0.05, 0) is 88.6 Å². The summed E-state index contributed by atoms with van der Waals surface area (Å²) in [6, 6.07) is 4.93. The summed E-state index contributed by atoms with van der Waals surface area (Å²) in [5, 5.41) is 0. The predicted molar refractivity (Wildman–Crippen MR) is 134 cm³/mol. The van der Waals surface area contributed by atoms with Crippen LogP contribution in [0.25, 0.3) is 0 Å². The van der Waals surface area contributed by atoms with Crippen molar-refractivity contribution in [2.24, 2.45) is 5.92 Å². The number of benzene rings is 1. The highest BCUT2D eigenvalue weighted by Crippen LogP contribution is 2.34. The number of carbonyl (C=O) groups excluding carboxylic acids is 1. The molecule has 2 saturated heterocycles. The number of likely N-dealkylation sites (tertiary alicyclic amines) is 2. The van der Waals surface area contributed by atoms with E-state index in [2.05, 4.69) is 21.9 Å². The van der Waals surface area contributed by atoms with Gasteiger partial charge < -0.3 is 24.0 Å². The minimum atomic E-state index is -0.428. The molecule has 0 saturated carbocycles.